The van der Waals surface area contributed by atoms with Gasteiger partial charge < -0.3 is 15.5 Å². The van der Waals surface area contributed by atoms with Crippen molar-refractivity contribution in [3.63, 3.8) is 0 Å². The first-order valence-corrected chi connectivity index (χ1v) is 14.7. The van der Waals surface area contributed by atoms with Gasteiger partial charge in [0.15, 0.2) is 0 Å². The van der Waals surface area contributed by atoms with Gasteiger partial charge in [-0.05, 0) is 84.2 Å². The van der Waals surface area contributed by atoms with E-state index in [0.717, 1.165) is 41.5 Å². The van der Waals surface area contributed by atoms with E-state index in [1.165, 1.54) is 11.8 Å². The Balaban J connectivity index is 1.76. The number of rotatable bonds is 10. The van der Waals surface area contributed by atoms with Crippen molar-refractivity contribution < 1.29 is 19.8 Å². The summed E-state index contributed by atoms with van der Waals surface area (Å²) in [6, 6.07) is 16.1. The van der Waals surface area contributed by atoms with Gasteiger partial charge in [-0.25, -0.2) is 4.79 Å². The Morgan fingerprint density at radius 2 is 1.79 bits per heavy atom. The summed E-state index contributed by atoms with van der Waals surface area (Å²) >= 11 is 1.54. The monoisotopic (exact) mass is 544 g/mol. The molecular weight excluding hydrogens is 508 g/mol. The molecule has 0 radical (unpaired) electrons. The lowest BCUT2D eigenvalue weighted by Crippen LogP contribution is -2.41. The molecule has 1 amide bonds. The molecule has 6 nitrogen and oxygen atoms in total. The van der Waals surface area contributed by atoms with E-state index in [0.29, 0.717) is 47.4 Å². The first-order valence-electron chi connectivity index (χ1n) is 13.4. The van der Waals surface area contributed by atoms with Crippen molar-refractivity contribution in [3.8, 4) is 11.1 Å². The van der Waals surface area contributed by atoms with Crippen LogP contribution in [0.5, 0.6) is 0 Å². The highest BCUT2D eigenvalue weighted by atomic mass is 32.2. The van der Waals surface area contributed by atoms with Crippen molar-refractivity contribution >= 4 is 29.2 Å². The molecule has 204 valence electrons. The van der Waals surface area contributed by atoms with Gasteiger partial charge in [-0.1, -0.05) is 62.2 Å². The number of aryl methyl sites for hydroxylation is 1. The third-order valence-corrected chi connectivity index (χ3v) is 8.16. The van der Waals surface area contributed by atoms with E-state index in [2.05, 4.69) is 16.9 Å². The molecule has 0 spiro atoms. The minimum Gasteiger partial charge on any atom is -0.480 e. The number of carboxylic acid groups (broad SMARTS) is 1. The molecule has 1 unspecified atom stereocenters. The quantitative estimate of drug-likeness (QED) is 0.281. The van der Waals surface area contributed by atoms with Crippen LogP contribution >= 0.6 is 11.8 Å². The maximum atomic E-state index is 13.4. The minimum atomic E-state index is -1.05. The molecule has 3 aromatic rings. The van der Waals surface area contributed by atoms with Gasteiger partial charge in [0.2, 0.25) is 0 Å². The summed E-state index contributed by atoms with van der Waals surface area (Å²) in [6.07, 6.45) is 8.30. The second-order valence-electron chi connectivity index (χ2n) is 10.2. The zero-order valence-electron chi connectivity index (χ0n) is 22.6. The predicted octanol–water partition coefficient (Wildman–Crippen LogP) is 6.21. The number of hydrogen-bond donors (Lipinski definition) is 3. The molecule has 1 aromatic heterocycles. The van der Waals surface area contributed by atoms with Crippen LogP contribution in [-0.4, -0.2) is 45.1 Å². The van der Waals surface area contributed by atoms with Crippen molar-refractivity contribution in [1.29, 1.82) is 0 Å². The van der Waals surface area contributed by atoms with Crippen LogP contribution in [0.15, 0.2) is 67.4 Å². The highest BCUT2D eigenvalue weighted by Gasteiger charge is 2.35. The second kappa shape index (κ2) is 12.6. The number of benzene rings is 2. The smallest absolute Gasteiger partial charge is 0.326 e. The van der Waals surface area contributed by atoms with Crippen LogP contribution < -0.4 is 5.32 Å². The van der Waals surface area contributed by atoms with E-state index in [1.54, 1.807) is 12.3 Å². The zero-order valence-corrected chi connectivity index (χ0v) is 23.4. The number of carboxylic acids is 1. The second-order valence-corrected chi connectivity index (χ2v) is 11.2. The van der Waals surface area contributed by atoms with Crippen molar-refractivity contribution in [1.82, 2.24) is 10.3 Å². The highest BCUT2D eigenvalue weighted by Crippen LogP contribution is 2.40. The van der Waals surface area contributed by atoms with Crippen LogP contribution in [0.4, 0.5) is 0 Å². The number of aliphatic carboxylic acids is 1. The zero-order chi connectivity index (χ0) is 28.0. The Morgan fingerprint density at radius 1 is 1.05 bits per heavy atom. The summed E-state index contributed by atoms with van der Waals surface area (Å²) in [4.78, 5) is 29.8. The van der Waals surface area contributed by atoms with E-state index in [1.807, 2.05) is 61.7 Å². The van der Waals surface area contributed by atoms with Gasteiger partial charge in [-0.3, -0.25) is 9.78 Å². The highest BCUT2D eigenvalue weighted by molar-refractivity contribution is 7.98. The number of aliphatic hydroxyl groups is 1. The van der Waals surface area contributed by atoms with E-state index in [4.69, 9.17) is 0 Å². The third kappa shape index (κ3) is 6.43. The number of carbonyl (C=O) groups is 2. The number of amides is 1. The molecule has 1 fully saturated rings. The van der Waals surface area contributed by atoms with Crippen molar-refractivity contribution in [3.05, 3.63) is 95.3 Å². The van der Waals surface area contributed by atoms with Crippen LogP contribution in [0.1, 0.15) is 71.3 Å². The number of carbonyl (C=O) groups excluding carboxylic acids is 1. The first-order chi connectivity index (χ1) is 18.7. The molecule has 7 heteroatoms. The summed E-state index contributed by atoms with van der Waals surface area (Å²) in [6.45, 7) is 6.37. The van der Waals surface area contributed by atoms with Gasteiger partial charge in [-0.2, -0.15) is 11.8 Å². The van der Waals surface area contributed by atoms with Crippen LogP contribution in [-0.2, 0) is 10.4 Å². The number of pyridine rings is 1. The largest absolute Gasteiger partial charge is 0.480 e. The predicted molar refractivity (Wildman–Crippen MR) is 158 cm³/mol. The molecule has 1 aliphatic carbocycles. The molecule has 39 heavy (non-hydrogen) atoms. The Labute approximate surface area is 234 Å². The fourth-order valence-corrected chi connectivity index (χ4v) is 5.78. The number of aromatic nitrogens is 1. The van der Waals surface area contributed by atoms with Gasteiger partial charge in [0.05, 0.1) is 5.69 Å². The molecule has 1 aliphatic rings. The molecule has 2 aromatic carbocycles. The van der Waals surface area contributed by atoms with Gasteiger partial charge in [-0.15, -0.1) is 0 Å². The first kappa shape index (κ1) is 28.6. The fourth-order valence-electron chi connectivity index (χ4n) is 5.31. The fraction of sp³-hybridized carbons (Fsp3) is 0.344. The van der Waals surface area contributed by atoms with Crippen molar-refractivity contribution in [2.24, 2.45) is 0 Å². The number of nitrogens with zero attached hydrogens (tertiary/aromatic N) is 1. The van der Waals surface area contributed by atoms with Crippen molar-refractivity contribution in [2.75, 3.05) is 12.0 Å². The standard InChI is InChI=1S/C32H36N2O4S/c1-21-10-5-6-11-24(21)27-20-23(13-14-26(27)30(35)34-28(31(36)37)15-19-39-3)22(2)25-12-9-18-33-29(25)32(38)16-7-4-8-17-32/h5-6,9-14,18,20,28,38H,2,4,7-8,15-17,19H2,1,3H3,(H,34,35)(H,36,37). The normalized spacial score (nSPS) is 15.4. The summed E-state index contributed by atoms with van der Waals surface area (Å²) in [5, 5.41) is 23.9. The molecule has 3 N–H and O–H groups in total. The Hall–Kier alpha value is -3.42. The van der Waals surface area contributed by atoms with Gasteiger partial charge in [0.25, 0.3) is 5.91 Å². The lowest BCUT2D eigenvalue weighted by Gasteiger charge is -2.33. The molecule has 1 saturated carbocycles. The van der Waals surface area contributed by atoms with Crippen LogP contribution in [0.3, 0.4) is 0 Å². The third-order valence-electron chi connectivity index (χ3n) is 7.52. The Morgan fingerprint density at radius 3 is 2.49 bits per heavy atom. The number of nitrogens with one attached hydrogen (secondary N) is 1. The van der Waals surface area contributed by atoms with Crippen LogP contribution in [0.25, 0.3) is 16.7 Å². The summed E-state index contributed by atoms with van der Waals surface area (Å²) in [5.41, 5.74) is 4.92. The minimum absolute atomic E-state index is 0.337. The number of hydrogen-bond acceptors (Lipinski definition) is 5. The number of thioether (sulfide) groups is 1. The summed E-state index contributed by atoms with van der Waals surface area (Å²) in [7, 11) is 0. The molecular formula is C32H36N2O4S. The molecule has 0 aliphatic heterocycles. The van der Waals surface area contributed by atoms with E-state index in [9.17, 15) is 19.8 Å². The maximum Gasteiger partial charge on any atom is 0.326 e. The van der Waals surface area contributed by atoms with Crippen molar-refractivity contribution in [2.45, 2.75) is 57.1 Å². The Bertz CT molecular complexity index is 1360. The SMILES string of the molecule is C=C(c1ccc(C(=O)NC(CCSC)C(=O)O)c(-c2ccccc2C)c1)c1cccnc1C1(O)CCCCC1. The maximum absolute atomic E-state index is 13.4. The Kier molecular flexibility index (Phi) is 9.25. The molecule has 1 heterocycles. The summed E-state index contributed by atoms with van der Waals surface area (Å²) < 4.78 is 0. The van der Waals surface area contributed by atoms with Gasteiger partial charge >= 0.3 is 5.97 Å². The van der Waals surface area contributed by atoms with Crippen LogP contribution in [0.2, 0.25) is 0 Å². The van der Waals surface area contributed by atoms with E-state index < -0.39 is 23.5 Å². The van der Waals surface area contributed by atoms with E-state index >= 15 is 0 Å². The summed E-state index contributed by atoms with van der Waals surface area (Å²) in [5.74, 6) is -0.859. The molecule has 1 atom stereocenters. The van der Waals surface area contributed by atoms with Gasteiger partial charge in [0.1, 0.15) is 11.6 Å². The molecule has 0 saturated heterocycles. The lowest BCUT2D eigenvalue weighted by molar-refractivity contribution is -0.139. The molecule has 4 rings (SSSR count). The van der Waals surface area contributed by atoms with E-state index in [-0.39, 0.29) is 0 Å². The van der Waals surface area contributed by atoms with Crippen LogP contribution in [0, 0.1) is 6.92 Å². The lowest BCUT2D eigenvalue weighted by atomic mass is 9.79. The molecule has 0 bridgehead atoms. The topological polar surface area (TPSA) is 99.5 Å². The van der Waals surface area contributed by atoms with Gasteiger partial charge in [0, 0.05) is 17.3 Å². The average molecular weight is 545 g/mol. The average Bonchev–Trinajstić information content (AvgIpc) is 2.95.